The monoisotopic (exact) mass is 475 g/mol. The number of hydrogen-bond donors (Lipinski definition) is 3. The highest BCUT2D eigenvalue weighted by Gasteiger charge is 2.24. The Bertz CT molecular complexity index is 1340. The second-order valence-electron chi connectivity index (χ2n) is 8.18. The lowest BCUT2D eigenvalue weighted by Gasteiger charge is -2.24. The first-order valence-corrected chi connectivity index (χ1v) is 12.2. The van der Waals surface area contributed by atoms with Crippen LogP contribution < -0.4 is 15.8 Å². The predicted molar refractivity (Wildman–Crippen MR) is 125 cm³/mol. The summed E-state index contributed by atoms with van der Waals surface area (Å²) >= 11 is 0. The quantitative estimate of drug-likeness (QED) is 0.466. The van der Waals surface area contributed by atoms with Gasteiger partial charge in [0.25, 0.3) is 0 Å². The molecular weight excluding hydrogens is 449 g/mol. The van der Waals surface area contributed by atoms with Gasteiger partial charge >= 0.3 is 0 Å². The number of sulfonamides is 1. The first-order chi connectivity index (χ1) is 15.6. The average molecular weight is 476 g/mol. The van der Waals surface area contributed by atoms with Crippen molar-refractivity contribution in [2.45, 2.75) is 39.8 Å². The molecule has 0 bridgehead atoms. The summed E-state index contributed by atoms with van der Waals surface area (Å²) in [5.41, 5.74) is 6.40. The van der Waals surface area contributed by atoms with Crippen LogP contribution in [0.1, 0.15) is 26.5 Å². The Labute approximate surface area is 191 Å². The molecule has 3 heterocycles. The Morgan fingerprint density at radius 2 is 2.00 bits per heavy atom. The van der Waals surface area contributed by atoms with E-state index in [9.17, 15) is 17.6 Å². The van der Waals surface area contributed by atoms with E-state index in [1.54, 1.807) is 10.7 Å². The molecule has 0 unspecified atom stereocenters. The number of nitrogens with one attached hydrogen (secondary N) is 2. The van der Waals surface area contributed by atoms with E-state index in [2.05, 4.69) is 20.1 Å². The van der Waals surface area contributed by atoms with Gasteiger partial charge in [0.1, 0.15) is 12.4 Å². The number of halogens is 1. The van der Waals surface area contributed by atoms with Crippen LogP contribution in [0.25, 0.3) is 10.8 Å². The molecule has 2 aromatic heterocycles. The van der Waals surface area contributed by atoms with Gasteiger partial charge in [0.2, 0.25) is 15.9 Å². The number of nitrogens with zero attached hydrogens (tertiary/aromatic N) is 4. The minimum atomic E-state index is -3.68. The first kappa shape index (κ1) is 22.8. The zero-order chi connectivity index (χ0) is 23.9. The van der Waals surface area contributed by atoms with Gasteiger partial charge < -0.3 is 16.0 Å². The van der Waals surface area contributed by atoms with Crippen LogP contribution in [0.3, 0.4) is 0 Å². The molecule has 3 aromatic rings. The summed E-state index contributed by atoms with van der Waals surface area (Å²) in [7, 11) is -3.68. The molecule has 0 fully saturated rings. The van der Waals surface area contributed by atoms with Crippen LogP contribution in [0.15, 0.2) is 24.4 Å². The van der Waals surface area contributed by atoms with Crippen LogP contribution in [0, 0.1) is 5.82 Å². The lowest BCUT2D eigenvalue weighted by atomic mass is 10.1. The highest BCUT2D eigenvalue weighted by molar-refractivity contribution is 7.92. The third-order valence-corrected chi connectivity index (χ3v) is 6.89. The lowest BCUT2D eigenvalue weighted by molar-refractivity contribution is -0.133. The third kappa shape index (κ3) is 4.56. The topological polar surface area (TPSA) is 135 Å². The molecule has 0 spiro atoms. The van der Waals surface area contributed by atoms with E-state index >= 15 is 0 Å². The summed E-state index contributed by atoms with van der Waals surface area (Å²) in [6.45, 7) is 6.22. The molecule has 10 nitrogen and oxygen atoms in total. The fourth-order valence-corrected chi connectivity index (χ4v) is 4.42. The molecule has 1 aliphatic rings. The second-order valence-corrected chi connectivity index (χ2v) is 10.2. The van der Waals surface area contributed by atoms with Gasteiger partial charge in [-0.1, -0.05) is 0 Å². The van der Waals surface area contributed by atoms with Crippen molar-refractivity contribution in [1.29, 1.82) is 0 Å². The SMILES string of the molecule is CCS(=O)(=O)Nc1cc2cc(Nc3cc4n(n3)CC(=O)N(C(C)C)CC4)ncc2c(N)c1F. The smallest absolute Gasteiger partial charge is 0.244 e. The largest absolute Gasteiger partial charge is 0.396 e. The minimum absolute atomic E-state index is 0.0155. The molecule has 33 heavy (non-hydrogen) atoms. The van der Waals surface area contributed by atoms with Gasteiger partial charge in [-0.15, -0.1) is 0 Å². The van der Waals surface area contributed by atoms with E-state index < -0.39 is 15.8 Å². The number of hydrogen-bond acceptors (Lipinski definition) is 7. The van der Waals surface area contributed by atoms with E-state index in [1.165, 1.54) is 19.2 Å². The van der Waals surface area contributed by atoms with Crippen molar-refractivity contribution >= 4 is 49.7 Å². The predicted octanol–water partition coefficient (Wildman–Crippen LogP) is 2.45. The number of carbonyl (C=O) groups excluding carboxylic acids is 1. The summed E-state index contributed by atoms with van der Waals surface area (Å²) in [6.07, 6.45) is 2.10. The van der Waals surface area contributed by atoms with Crippen molar-refractivity contribution in [2.75, 3.05) is 28.1 Å². The Morgan fingerprint density at radius 3 is 2.70 bits per heavy atom. The number of fused-ring (bicyclic) bond motifs is 2. The zero-order valence-corrected chi connectivity index (χ0v) is 19.4. The number of carbonyl (C=O) groups is 1. The molecule has 4 rings (SSSR count). The average Bonchev–Trinajstić information content (AvgIpc) is 3.04. The summed E-state index contributed by atoms with van der Waals surface area (Å²) in [4.78, 5) is 18.6. The fraction of sp³-hybridized carbons (Fsp3) is 0.381. The van der Waals surface area contributed by atoms with Gasteiger partial charge in [-0.2, -0.15) is 5.10 Å². The highest BCUT2D eigenvalue weighted by atomic mass is 32.2. The summed E-state index contributed by atoms with van der Waals surface area (Å²) in [5.74, 6) is -0.0942. The first-order valence-electron chi connectivity index (χ1n) is 10.6. The van der Waals surface area contributed by atoms with Crippen molar-refractivity contribution in [3.63, 3.8) is 0 Å². The molecule has 12 heteroatoms. The Morgan fingerprint density at radius 1 is 1.24 bits per heavy atom. The van der Waals surface area contributed by atoms with E-state index in [0.29, 0.717) is 35.4 Å². The molecule has 1 amide bonds. The van der Waals surface area contributed by atoms with Crippen LogP contribution in [0.5, 0.6) is 0 Å². The number of pyridine rings is 1. The number of aromatic nitrogens is 3. The molecule has 0 radical (unpaired) electrons. The number of rotatable bonds is 6. The number of nitrogens with two attached hydrogens (primary N) is 1. The summed E-state index contributed by atoms with van der Waals surface area (Å²) in [5, 5.41) is 8.44. The number of nitrogen functional groups attached to an aromatic ring is 1. The highest BCUT2D eigenvalue weighted by Crippen LogP contribution is 2.32. The molecule has 1 aliphatic heterocycles. The Hall–Kier alpha value is -3.41. The van der Waals surface area contributed by atoms with Gasteiger partial charge in [0.05, 0.1) is 17.1 Å². The maximum Gasteiger partial charge on any atom is 0.244 e. The van der Waals surface area contributed by atoms with E-state index in [1.807, 2.05) is 24.8 Å². The van der Waals surface area contributed by atoms with E-state index in [4.69, 9.17) is 5.73 Å². The van der Waals surface area contributed by atoms with E-state index in [0.717, 1.165) is 5.69 Å². The molecular formula is C21H26FN7O3S. The molecule has 176 valence electrons. The lowest BCUT2D eigenvalue weighted by Crippen LogP contribution is -2.38. The van der Waals surface area contributed by atoms with Crippen LogP contribution in [-0.4, -0.2) is 52.3 Å². The summed E-state index contributed by atoms with van der Waals surface area (Å²) < 4.78 is 42.3. The fourth-order valence-electron chi connectivity index (χ4n) is 3.79. The number of anilines is 4. The molecule has 0 saturated heterocycles. The maximum absolute atomic E-state index is 14.6. The third-order valence-electron chi connectivity index (χ3n) is 5.60. The molecule has 4 N–H and O–H groups in total. The van der Waals surface area contributed by atoms with Crippen LogP contribution in [-0.2, 0) is 27.8 Å². The van der Waals surface area contributed by atoms with Crippen molar-refractivity contribution in [1.82, 2.24) is 19.7 Å². The maximum atomic E-state index is 14.6. The second kappa shape index (κ2) is 8.50. The van der Waals surface area contributed by atoms with Crippen molar-refractivity contribution in [3.05, 3.63) is 35.9 Å². The number of amides is 1. The van der Waals surface area contributed by atoms with Crippen LogP contribution in [0.2, 0.25) is 0 Å². The van der Waals surface area contributed by atoms with E-state index in [-0.39, 0.29) is 35.6 Å². The van der Waals surface area contributed by atoms with Crippen molar-refractivity contribution in [3.8, 4) is 0 Å². The summed E-state index contributed by atoms with van der Waals surface area (Å²) in [6, 6.07) is 5.00. The van der Waals surface area contributed by atoms with Gasteiger partial charge in [-0.25, -0.2) is 17.8 Å². The van der Waals surface area contributed by atoms with Gasteiger partial charge in [-0.05, 0) is 38.3 Å². The van der Waals surface area contributed by atoms with Crippen LogP contribution in [0.4, 0.5) is 27.4 Å². The minimum Gasteiger partial charge on any atom is -0.396 e. The van der Waals surface area contributed by atoms with Gasteiger partial charge in [-0.3, -0.25) is 14.2 Å². The Balaban J connectivity index is 1.62. The van der Waals surface area contributed by atoms with Gasteiger partial charge in [0, 0.05) is 42.4 Å². The van der Waals surface area contributed by atoms with Crippen molar-refractivity contribution in [2.24, 2.45) is 0 Å². The molecule has 0 aliphatic carbocycles. The van der Waals surface area contributed by atoms with Gasteiger partial charge in [0.15, 0.2) is 11.6 Å². The Kier molecular flexibility index (Phi) is 5.87. The zero-order valence-electron chi connectivity index (χ0n) is 18.6. The molecule has 1 aromatic carbocycles. The number of benzene rings is 1. The van der Waals surface area contributed by atoms with Crippen LogP contribution >= 0.6 is 0 Å². The standard InChI is InChI=1S/C21H26FN7O3S/c1-4-33(31,32)27-16-7-13-8-17(24-10-15(13)21(23)20(16)22)25-18-9-14-5-6-28(12(2)3)19(30)11-29(14)26-18/h7-10,12,27H,4-6,11,23H2,1-3H3,(H,24,25,26). The molecule has 0 saturated carbocycles. The normalized spacial score (nSPS) is 14.5. The molecule has 0 atom stereocenters. The van der Waals surface area contributed by atoms with Crippen molar-refractivity contribution < 1.29 is 17.6 Å².